The number of amides is 1. The van der Waals surface area contributed by atoms with Crippen LogP contribution in [0.25, 0.3) is 0 Å². The Morgan fingerprint density at radius 2 is 2.00 bits per heavy atom. The number of carbonyl (C=O) groups excluding carboxylic acids is 1. The summed E-state index contributed by atoms with van der Waals surface area (Å²) in [6.45, 7) is 4.33. The zero-order chi connectivity index (χ0) is 15.9. The highest BCUT2D eigenvalue weighted by molar-refractivity contribution is 5.92. The van der Waals surface area contributed by atoms with E-state index in [0.29, 0.717) is 18.7 Å². The van der Waals surface area contributed by atoms with Gasteiger partial charge in [0.2, 0.25) is 5.91 Å². The molecule has 0 saturated carbocycles. The summed E-state index contributed by atoms with van der Waals surface area (Å²) >= 11 is 0. The second-order valence-electron chi connectivity index (χ2n) is 5.17. The molecule has 4 heteroatoms. The average Bonchev–Trinajstić information content (AvgIpc) is 2.52. The number of aryl methyl sites for hydroxylation is 1. The molecule has 0 heterocycles. The molecule has 0 spiro atoms. The Labute approximate surface area is 131 Å². The Kier molecular flexibility index (Phi) is 5.42. The number of benzene rings is 2. The predicted molar refractivity (Wildman–Crippen MR) is 90.2 cm³/mol. The maximum absolute atomic E-state index is 12.0. The summed E-state index contributed by atoms with van der Waals surface area (Å²) < 4.78 is 5.63. The molecule has 3 N–H and O–H groups in total. The van der Waals surface area contributed by atoms with Crippen molar-refractivity contribution in [3.63, 3.8) is 0 Å². The minimum Gasteiger partial charge on any atom is -0.493 e. The van der Waals surface area contributed by atoms with Gasteiger partial charge in [0.05, 0.1) is 13.0 Å². The van der Waals surface area contributed by atoms with E-state index in [2.05, 4.69) is 18.3 Å². The zero-order valence-corrected chi connectivity index (χ0v) is 13.1. The first-order valence-electron chi connectivity index (χ1n) is 7.47. The molecule has 0 aliphatic heterocycles. The Balaban J connectivity index is 1.84. The molecule has 0 aliphatic carbocycles. The largest absolute Gasteiger partial charge is 0.493 e. The summed E-state index contributed by atoms with van der Waals surface area (Å²) in [7, 11) is 0. The van der Waals surface area contributed by atoms with Crippen molar-refractivity contribution >= 4 is 17.3 Å². The second kappa shape index (κ2) is 7.50. The number of nitrogens with two attached hydrogens (primary N) is 1. The van der Waals surface area contributed by atoms with E-state index in [1.165, 1.54) is 5.56 Å². The zero-order valence-electron chi connectivity index (χ0n) is 13.1. The SMILES string of the molecule is CCc1cccc(OCCC(=O)Nc2cccc(N)c2C)c1. The lowest BCUT2D eigenvalue weighted by Gasteiger charge is -2.11. The molecule has 2 aromatic carbocycles. The molecule has 0 bridgehead atoms. The van der Waals surface area contributed by atoms with Crippen molar-refractivity contribution in [3.8, 4) is 5.75 Å². The molecule has 0 aliphatic rings. The summed E-state index contributed by atoms with van der Waals surface area (Å²) in [6.07, 6.45) is 1.26. The molecule has 0 fully saturated rings. The van der Waals surface area contributed by atoms with Crippen LogP contribution in [0.2, 0.25) is 0 Å². The fourth-order valence-corrected chi connectivity index (χ4v) is 2.12. The Bertz CT molecular complexity index is 653. The molecular formula is C18H22N2O2. The summed E-state index contributed by atoms with van der Waals surface area (Å²) in [5.74, 6) is 0.715. The number of rotatable bonds is 6. The lowest BCUT2D eigenvalue weighted by atomic mass is 10.1. The summed E-state index contributed by atoms with van der Waals surface area (Å²) in [5, 5.41) is 2.86. The maximum atomic E-state index is 12.0. The van der Waals surface area contributed by atoms with Gasteiger partial charge in [0.1, 0.15) is 5.75 Å². The van der Waals surface area contributed by atoms with Gasteiger partial charge in [-0.25, -0.2) is 0 Å². The number of hydrogen-bond donors (Lipinski definition) is 2. The Morgan fingerprint density at radius 1 is 1.23 bits per heavy atom. The first kappa shape index (κ1) is 15.9. The van der Waals surface area contributed by atoms with Crippen LogP contribution in [0.1, 0.15) is 24.5 Å². The van der Waals surface area contributed by atoms with E-state index in [4.69, 9.17) is 10.5 Å². The molecule has 0 atom stereocenters. The van der Waals surface area contributed by atoms with E-state index in [1.807, 2.05) is 43.3 Å². The first-order valence-corrected chi connectivity index (χ1v) is 7.47. The van der Waals surface area contributed by atoms with Gasteiger partial charge in [-0.3, -0.25) is 4.79 Å². The number of hydrogen-bond acceptors (Lipinski definition) is 3. The highest BCUT2D eigenvalue weighted by Crippen LogP contribution is 2.20. The van der Waals surface area contributed by atoms with Gasteiger partial charge in [-0.1, -0.05) is 25.1 Å². The molecule has 4 nitrogen and oxygen atoms in total. The van der Waals surface area contributed by atoms with E-state index < -0.39 is 0 Å². The van der Waals surface area contributed by atoms with Crippen LogP contribution in [-0.2, 0) is 11.2 Å². The number of nitrogens with one attached hydrogen (secondary N) is 1. The molecule has 2 rings (SSSR count). The summed E-state index contributed by atoms with van der Waals surface area (Å²) in [4.78, 5) is 12.0. The predicted octanol–water partition coefficient (Wildman–Crippen LogP) is 3.55. The number of anilines is 2. The van der Waals surface area contributed by atoms with Crippen molar-refractivity contribution in [3.05, 3.63) is 53.6 Å². The average molecular weight is 298 g/mol. The molecule has 2 aromatic rings. The highest BCUT2D eigenvalue weighted by atomic mass is 16.5. The minimum absolute atomic E-state index is 0.0830. The van der Waals surface area contributed by atoms with Crippen LogP contribution in [0.3, 0.4) is 0 Å². The van der Waals surface area contributed by atoms with E-state index in [0.717, 1.165) is 23.4 Å². The van der Waals surface area contributed by atoms with Crippen molar-refractivity contribution in [2.24, 2.45) is 0 Å². The smallest absolute Gasteiger partial charge is 0.227 e. The van der Waals surface area contributed by atoms with E-state index >= 15 is 0 Å². The van der Waals surface area contributed by atoms with Gasteiger partial charge in [-0.15, -0.1) is 0 Å². The third kappa shape index (κ3) is 4.25. The lowest BCUT2D eigenvalue weighted by molar-refractivity contribution is -0.116. The molecule has 0 unspecified atom stereocenters. The van der Waals surface area contributed by atoms with E-state index in [1.54, 1.807) is 0 Å². The molecule has 0 radical (unpaired) electrons. The first-order chi connectivity index (χ1) is 10.6. The van der Waals surface area contributed by atoms with Gasteiger partial charge in [-0.05, 0) is 48.7 Å². The molecule has 0 saturated heterocycles. The third-order valence-electron chi connectivity index (χ3n) is 3.55. The van der Waals surface area contributed by atoms with Crippen LogP contribution < -0.4 is 15.8 Å². The van der Waals surface area contributed by atoms with Crippen molar-refractivity contribution in [1.29, 1.82) is 0 Å². The quantitative estimate of drug-likeness (QED) is 0.802. The molecule has 0 aromatic heterocycles. The van der Waals surface area contributed by atoms with Crippen LogP contribution in [0.15, 0.2) is 42.5 Å². The maximum Gasteiger partial charge on any atom is 0.227 e. The molecule has 22 heavy (non-hydrogen) atoms. The van der Waals surface area contributed by atoms with Crippen molar-refractivity contribution in [1.82, 2.24) is 0 Å². The van der Waals surface area contributed by atoms with Crippen LogP contribution in [0, 0.1) is 6.92 Å². The van der Waals surface area contributed by atoms with E-state index in [9.17, 15) is 4.79 Å². The van der Waals surface area contributed by atoms with Crippen LogP contribution in [-0.4, -0.2) is 12.5 Å². The number of nitrogen functional groups attached to an aromatic ring is 1. The monoisotopic (exact) mass is 298 g/mol. The van der Waals surface area contributed by atoms with Crippen LogP contribution >= 0.6 is 0 Å². The van der Waals surface area contributed by atoms with Gasteiger partial charge < -0.3 is 15.8 Å². The minimum atomic E-state index is -0.0830. The Hall–Kier alpha value is -2.49. The van der Waals surface area contributed by atoms with E-state index in [-0.39, 0.29) is 5.91 Å². The summed E-state index contributed by atoms with van der Waals surface area (Å²) in [5.41, 5.74) is 9.35. The van der Waals surface area contributed by atoms with Gasteiger partial charge in [-0.2, -0.15) is 0 Å². The lowest BCUT2D eigenvalue weighted by Crippen LogP contribution is -2.16. The van der Waals surface area contributed by atoms with Gasteiger partial charge >= 0.3 is 0 Å². The summed E-state index contributed by atoms with van der Waals surface area (Å²) in [6, 6.07) is 13.4. The van der Waals surface area contributed by atoms with Gasteiger partial charge in [0.15, 0.2) is 0 Å². The Morgan fingerprint density at radius 3 is 2.77 bits per heavy atom. The van der Waals surface area contributed by atoms with Crippen LogP contribution in [0.4, 0.5) is 11.4 Å². The number of ether oxygens (including phenoxy) is 1. The molecule has 116 valence electrons. The van der Waals surface area contributed by atoms with Crippen molar-refractivity contribution in [2.45, 2.75) is 26.7 Å². The van der Waals surface area contributed by atoms with Gasteiger partial charge in [0, 0.05) is 11.4 Å². The van der Waals surface area contributed by atoms with Gasteiger partial charge in [0.25, 0.3) is 0 Å². The molecule has 1 amide bonds. The van der Waals surface area contributed by atoms with Crippen molar-refractivity contribution in [2.75, 3.05) is 17.7 Å². The standard InChI is InChI=1S/C18H22N2O2/c1-3-14-6-4-7-15(12-14)22-11-10-18(21)20-17-9-5-8-16(19)13(17)2/h4-9,12H,3,10-11,19H2,1-2H3,(H,20,21). The molecular weight excluding hydrogens is 276 g/mol. The topological polar surface area (TPSA) is 64.3 Å². The third-order valence-corrected chi connectivity index (χ3v) is 3.55. The van der Waals surface area contributed by atoms with Crippen molar-refractivity contribution < 1.29 is 9.53 Å². The number of carbonyl (C=O) groups is 1. The fraction of sp³-hybridized carbons (Fsp3) is 0.278. The fourth-order valence-electron chi connectivity index (χ4n) is 2.12. The van der Waals surface area contributed by atoms with Crippen LogP contribution in [0.5, 0.6) is 5.75 Å². The second-order valence-corrected chi connectivity index (χ2v) is 5.17. The highest BCUT2D eigenvalue weighted by Gasteiger charge is 2.06. The normalized spacial score (nSPS) is 10.3.